The van der Waals surface area contributed by atoms with Crippen LogP contribution in [0.15, 0.2) is 42.5 Å². The minimum Gasteiger partial charge on any atom is -0.481 e. The highest BCUT2D eigenvalue weighted by molar-refractivity contribution is 6.08. The summed E-state index contributed by atoms with van der Waals surface area (Å²) in [5, 5.41) is 20.3. The van der Waals surface area contributed by atoms with Crippen LogP contribution in [0.5, 0.6) is 0 Å². The number of nitrogens with one attached hydrogen (secondary N) is 1. The predicted octanol–water partition coefficient (Wildman–Crippen LogP) is 3.82. The molecule has 0 bridgehead atoms. The highest BCUT2D eigenvalue weighted by Crippen LogP contribution is 2.28. The molecule has 1 heterocycles. The van der Waals surface area contributed by atoms with Crippen LogP contribution in [0.1, 0.15) is 24.8 Å². The molecular weight excluding hydrogens is 306 g/mol. The molecule has 0 amide bonds. The van der Waals surface area contributed by atoms with E-state index in [1.54, 1.807) is 0 Å². The Hall–Kier alpha value is -2.82. The number of hydrogen-bond acceptors (Lipinski definition) is 2. The first-order chi connectivity index (χ1) is 11.6. The van der Waals surface area contributed by atoms with E-state index in [1.165, 1.54) is 0 Å². The summed E-state index contributed by atoms with van der Waals surface area (Å²) in [6, 6.07) is 14.1. The Morgan fingerprint density at radius 1 is 0.958 bits per heavy atom. The average Bonchev–Trinajstić information content (AvgIpc) is 2.93. The maximum absolute atomic E-state index is 11.3. The van der Waals surface area contributed by atoms with E-state index in [1.807, 2.05) is 30.3 Å². The highest BCUT2D eigenvalue weighted by Gasteiger charge is 2.19. The third kappa shape index (κ3) is 3.25. The molecule has 5 nitrogen and oxygen atoms in total. The van der Waals surface area contributed by atoms with Crippen LogP contribution >= 0.6 is 0 Å². The lowest BCUT2D eigenvalue weighted by molar-refractivity contribution is -0.143. The molecular formula is C19H19NO4. The number of rotatable bonds is 7. The molecule has 3 N–H and O–H groups in total. The van der Waals surface area contributed by atoms with Crippen molar-refractivity contribution in [1.82, 2.24) is 4.98 Å². The summed E-state index contributed by atoms with van der Waals surface area (Å²) in [6.45, 7) is 0. The Kier molecular flexibility index (Phi) is 4.51. The van der Waals surface area contributed by atoms with Gasteiger partial charge in [0.15, 0.2) is 0 Å². The minimum atomic E-state index is -0.959. The number of aromatic amines is 1. The Labute approximate surface area is 138 Å². The zero-order valence-corrected chi connectivity index (χ0v) is 13.2. The first-order valence-electron chi connectivity index (χ1n) is 7.99. The van der Waals surface area contributed by atoms with Gasteiger partial charge in [0, 0.05) is 28.2 Å². The van der Waals surface area contributed by atoms with Gasteiger partial charge in [-0.1, -0.05) is 36.4 Å². The highest BCUT2D eigenvalue weighted by atomic mass is 16.4. The van der Waals surface area contributed by atoms with Gasteiger partial charge in [-0.2, -0.15) is 0 Å². The topological polar surface area (TPSA) is 90.4 Å². The molecule has 3 aromatic rings. The monoisotopic (exact) mass is 325 g/mol. The SMILES string of the molecule is O=C(O)CCC(CCc1cccc2c1[nH]c1ccccc12)C(=O)O. The van der Waals surface area contributed by atoms with Crippen molar-refractivity contribution >= 4 is 33.7 Å². The standard InChI is InChI=1S/C19H19NO4/c21-17(22)11-10-13(19(23)24)9-8-12-4-3-6-15-14-5-1-2-7-16(14)20-18(12)15/h1-7,13,20H,8-11H2,(H,21,22)(H,23,24). The van der Waals surface area contributed by atoms with E-state index in [4.69, 9.17) is 5.11 Å². The van der Waals surface area contributed by atoms with E-state index >= 15 is 0 Å². The number of benzene rings is 2. The summed E-state index contributed by atoms with van der Waals surface area (Å²) in [7, 11) is 0. The first kappa shape index (κ1) is 16.1. The van der Waals surface area contributed by atoms with Crippen molar-refractivity contribution in [3.05, 3.63) is 48.0 Å². The molecule has 0 aliphatic carbocycles. The van der Waals surface area contributed by atoms with E-state index < -0.39 is 17.9 Å². The van der Waals surface area contributed by atoms with E-state index in [2.05, 4.69) is 17.1 Å². The molecule has 0 spiro atoms. The number of carboxylic acids is 2. The Morgan fingerprint density at radius 2 is 1.71 bits per heavy atom. The number of carbonyl (C=O) groups is 2. The fourth-order valence-electron chi connectivity index (χ4n) is 3.16. The largest absolute Gasteiger partial charge is 0.481 e. The lowest BCUT2D eigenvalue weighted by Gasteiger charge is -2.11. The number of fused-ring (bicyclic) bond motifs is 3. The summed E-state index contributed by atoms with van der Waals surface area (Å²) in [4.78, 5) is 25.4. The third-order valence-corrected chi connectivity index (χ3v) is 4.45. The van der Waals surface area contributed by atoms with Gasteiger partial charge in [0.05, 0.1) is 5.92 Å². The summed E-state index contributed by atoms with van der Waals surface area (Å²) in [6.07, 6.45) is 1.07. The average molecular weight is 325 g/mol. The fourth-order valence-corrected chi connectivity index (χ4v) is 3.16. The third-order valence-electron chi connectivity index (χ3n) is 4.45. The Bertz CT molecular complexity index is 897. The molecule has 0 aliphatic rings. The summed E-state index contributed by atoms with van der Waals surface area (Å²) in [5.74, 6) is -2.53. The number of aliphatic carboxylic acids is 2. The molecule has 2 aromatic carbocycles. The lowest BCUT2D eigenvalue weighted by Crippen LogP contribution is -2.16. The number of hydrogen-bond donors (Lipinski definition) is 3. The number of carboxylic acid groups (broad SMARTS) is 2. The molecule has 3 rings (SSSR count). The van der Waals surface area contributed by atoms with Crippen LogP contribution in [0, 0.1) is 5.92 Å². The van der Waals surface area contributed by atoms with Crippen molar-refractivity contribution in [2.45, 2.75) is 25.7 Å². The van der Waals surface area contributed by atoms with Crippen molar-refractivity contribution in [2.75, 3.05) is 0 Å². The normalized spacial score (nSPS) is 12.5. The van der Waals surface area contributed by atoms with Crippen LogP contribution in [0.4, 0.5) is 0 Å². The van der Waals surface area contributed by atoms with Crippen LogP contribution < -0.4 is 0 Å². The predicted molar refractivity (Wildman–Crippen MR) is 92.1 cm³/mol. The van der Waals surface area contributed by atoms with Crippen molar-refractivity contribution in [3.8, 4) is 0 Å². The number of aromatic nitrogens is 1. The van der Waals surface area contributed by atoms with Gasteiger partial charge in [-0.3, -0.25) is 9.59 Å². The Morgan fingerprint density at radius 3 is 2.46 bits per heavy atom. The molecule has 0 saturated carbocycles. The molecule has 124 valence electrons. The molecule has 0 aliphatic heterocycles. The second-order valence-electron chi connectivity index (χ2n) is 6.02. The minimum absolute atomic E-state index is 0.118. The van der Waals surface area contributed by atoms with Crippen molar-refractivity contribution in [3.63, 3.8) is 0 Å². The van der Waals surface area contributed by atoms with Gasteiger partial charge in [0.1, 0.15) is 0 Å². The van der Waals surface area contributed by atoms with Crippen LogP contribution in [-0.2, 0) is 16.0 Å². The first-order valence-corrected chi connectivity index (χ1v) is 7.99. The maximum Gasteiger partial charge on any atom is 0.306 e. The zero-order chi connectivity index (χ0) is 17.1. The van der Waals surface area contributed by atoms with E-state index in [0.29, 0.717) is 12.8 Å². The van der Waals surface area contributed by atoms with E-state index in [9.17, 15) is 14.7 Å². The van der Waals surface area contributed by atoms with Gasteiger partial charge in [-0.25, -0.2) is 0 Å². The maximum atomic E-state index is 11.3. The van der Waals surface area contributed by atoms with Crippen LogP contribution in [0.25, 0.3) is 21.8 Å². The second-order valence-corrected chi connectivity index (χ2v) is 6.02. The van der Waals surface area contributed by atoms with Gasteiger partial charge < -0.3 is 15.2 Å². The van der Waals surface area contributed by atoms with Gasteiger partial charge in [0.2, 0.25) is 0 Å². The lowest BCUT2D eigenvalue weighted by atomic mass is 9.94. The number of para-hydroxylation sites is 2. The molecule has 0 saturated heterocycles. The summed E-state index contributed by atoms with van der Waals surface area (Å²) < 4.78 is 0. The number of H-pyrrole nitrogens is 1. The van der Waals surface area contributed by atoms with E-state index in [0.717, 1.165) is 27.4 Å². The smallest absolute Gasteiger partial charge is 0.306 e. The van der Waals surface area contributed by atoms with Crippen molar-refractivity contribution in [1.29, 1.82) is 0 Å². The zero-order valence-electron chi connectivity index (χ0n) is 13.2. The fraction of sp³-hybridized carbons (Fsp3) is 0.263. The Balaban J connectivity index is 1.84. The molecule has 1 unspecified atom stereocenters. The summed E-state index contributed by atoms with van der Waals surface area (Å²) >= 11 is 0. The van der Waals surface area contributed by atoms with Crippen LogP contribution in [0.2, 0.25) is 0 Å². The van der Waals surface area contributed by atoms with Gasteiger partial charge >= 0.3 is 11.9 Å². The molecule has 24 heavy (non-hydrogen) atoms. The van der Waals surface area contributed by atoms with E-state index in [-0.39, 0.29) is 12.8 Å². The molecule has 1 aromatic heterocycles. The van der Waals surface area contributed by atoms with Crippen LogP contribution in [-0.4, -0.2) is 27.1 Å². The quantitative estimate of drug-likeness (QED) is 0.616. The molecule has 0 fully saturated rings. The number of aryl methyl sites for hydroxylation is 1. The van der Waals surface area contributed by atoms with Gasteiger partial charge in [-0.05, 0) is 30.9 Å². The molecule has 0 radical (unpaired) electrons. The second kappa shape index (κ2) is 6.74. The van der Waals surface area contributed by atoms with Gasteiger partial charge in [0.25, 0.3) is 0 Å². The van der Waals surface area contributed by atoms with Crippen molar-refractivity contribution < 1.29 is 19.8 Å². The molecule has 5 heteroatoms. The van der Waals surface area contributed by atoms with Gasteiger partial charge in [-0.15, -0.1) is 0 Å². The van der Waals surface area contributed by atoms with Crippen molar-refractivity contribution in [2.24, 2.45) is 5.92 Å². The molecule has 1 atom stereocenters. The summed E-state index contributed by atoms with van der Waals surface area (Å²) in [5.41, 5.74) is 3.15. The van der Waals surface area contributed by atoms with Crippen LogP contribution in [0.3, 0.4) is 0 Å².